The predicted molar refractivity (Wildman–Crippen MR) is 120 cm³/mol. The van der Waals surface area contributed by atoms with E-state index in [1.165, 1.54) is 6.20 Å². The van der Waals surface area contributed by atoms with Gasteiger partial charge in [0.25, 0.3) is 0 Å². The minimum atomic E-state index is -0.0448. The number of para-hydroxylation sites is 1. The van der Waals surface area contributed by atoms with E-state index in [0.29, 0.717) is 46.6 Å². The van der Waals surface area contributed by atoms with E-state index in [0.717, 1.165) is 18.4 Å². The summed E-state index contributed by atoms with van der Waals surface area (Å²) < 4.78 is 2.01. The van der Waals surface area contributed by atoms with Crippen LogP contribution in [0.15, 0.2) is 59.5 Å². The molecule has 2 aliphatic carbocycles. The Bertz CT molecular complexity index is 1160. The number of hydrogen-bond acceptors (Lipinski definition) is 4. The molecule has 1 aromatic heterocycles. The molecular formula is C25H25ClN2O3. The molecule has 0 aliphatic heterocycles. The summed E-state index contributed by atoms with van der Waals surface area (Å²) in [6.45, 7) is 0.101. The molecule has 0 radical (unpaired) electrons. The van der Waals surface area contributed by atoms with E-state index in [1.807, 2.05) is 28.9 Å². The van der Waals surface area contributed by atoms with Crippen LogP contribution < -0.4 is 5.43 Å². The number of halogens is 1. The third-order valence-corrected chi connectivity index (χ3v) is 7.46. The zero-order valence-corrected chi connectivity index (χ0v) is 17.9. The highest BCUT2D eigenvalue weighted by Crippen LogP contribution is 2.64. The number of hydrogen-bond donors (Lipinski definition) is 1. The van der Waals surface area contributed by atoms with Crippen molar-refractivity contribution in [2.45, 2.75) is 31.7 Å². The van der Waals surface area contributed by atoms with Crippen molar-refractivity contribution >= 4 is 28.3 Å². The zero-order chi connectivity index (χ0) is 21.5. The molecule has 5 nitrogen and oxygen atoms in total. The maximum absolute atomic E-state index is 12.8. The van der Waals surface area contributed by atoms with Crippen molar-refractivity contribution in [3.8, 4) is 0 Å². The van der Waals surface area contributed by atoms with Gasteiger partial charge >= 0.3 is 0 Å². The van der Waals surface area contributed by atoms with Crippen molar-refractivity contribution in [2.75, 3.05) is 6.61 Å². The maximum Gasteiger partial charge on any atom is 0.207 e. The van der Waals surface area contributed by atoms with Gasteiger partial charge in [0.2, 0.25) is 5.43 Å². The van der Waals surface area contributed by atoms with Crippen molar-refractivity contribution in [3.63, 3.8) is 0 Å². The first-order valence-corrected chi connectivity index (χ1v) is 11.3. The van der Waals surface area contributed by atoms with E-state index in [1.54, 1.807) is 24.3 Å². The maximum atomic E-state index is 12.8. The van der Waals surface area contributed by atoms with Crippen molar-refractivity contribution in [2.24, 2.45) is 23.7 Å². The first-order chi connectivity index (χ1) is 15.1. The Balaban J connectivity index is 1.29. The van der Waals surface area contributed by atoms with Gasteiger partial charge in [0, 0.05) is 29.0 Å². The molecule has 2 aromatic carbocycles. The quantitative estimate of drug-likeness (QED) is 0.553. The summed E-state index contributed by atoms with van der Waals surface area (Å²) in [5.41, 5.74) is 1.53. The lowest BCUT2D eigenvalue weighted by atomic mass is 9.87. The van der Waals surface area contributed by atoms with Crippen LogP contribution in [0.4, 0.5) is 0 Å². The first kappa shape index (κ1) is 20.4. The topological polar surface area (TPSA) is 72.2 Å². The second-order valence-corrected chi connectivity index (χ2v) is 9.34. The van der Waals surface area contributed by atoms with Crippen molar-refractivity contribution in [3.05, 3.63) is 75.5 Å². The number of aromatic nitrogens is 2. The molecule has 0 bridgehead atoms. The summed E-state index contributed by atoms with van der Waals surface area (Å²) in [7, 11) is 0. The van der Waals surface area contributed by atoms with Crippen LogP contribution >= 0.6 is 11.6 Å². The third-order valence-electron chi connectivity index (χ3n) is 7.21. The SMILES string of the molecule is O=C(CC(CCO)C1[C@H]2CC(n3ncc(=O)c4ccccc43)C[C@@H]12)c1ccc(Cl)cc1. The normalized spacial score (nSPS) is 25.4. The van der Waals surface area contributed by atoms with Gasteiger partial charge < -0.3 is 5.11 Å². The van der Waals surface area contributed by atoms with Crippen LogP contribution in [0.25, 0.3) is 10.9 Å². The van der Waals surface area contributed by atoms with Gasteiger partial charge in [-0.3, -0.25) is 14.3 Å². The standard InChI is InChI=1S/C25H25ClN2O3/c26-17-7-5-15(6-8-17)23(30)11-16(9-10-29)25-20-12-18(13-21(20)25)28-22-4-2-1-3-19(22)24(31)14-27-28/h1-8,14,16,18,20-21,25,29H,9-13H2/t16?,18?,20-,21+,25?. The van der Waals surface area contributed by atoms with Crippen LogP contribution in [-0.4, -0.2) is 27.3 Å². The molecule has 5 atom stereocenters. The van der Waals surface area contributed by atoms with Crippen LogP contribution in [0.3, 0.4) is 0 Å². The Morgan fingerprint density at radius 3 is 2.55 bits per heavy atom. The van der Waals surface area contributed by atoms with Crippen LogP contribution in [0.1, 0.15) is 42.1 Å². The van der Waals surface area contributed by atoms with Crippen LogP contribution in [0, 0.1) is 23.7 Å². The molecule has 1 N–H and O–H groups in total. The van der Waals surface area contributed by atoms with Crippen molar-refractivity contribution < 1.29 is 9.90 Å². The fraction of sp³-hybridized carbons (Fsp3) is 0.400. The summed E-state index contributed by atoms with van der Waals surface area (Å²) in [6, 6.07) is 15.0. The van der Waals surface area contributed by atoms with E-state index in [-0.39, 0.29) is 29.8 Å². The lowest BCUT2D eigenvalue weighted by molar-refractivity contribution is 0.0939. The number of rotatable bonds is 7. The smallest absolute Gasteiger partial charge is 0.207 e. The Hall–Kier alpha value is -2.50. The Morgan fingerprint density at radius 1 is 1.13 bits per heavy atom. The van der Waals surface area contributed by atoms with Crippen molar-refractivity contribution in [1.29, 1.82) is 0 Å². The van der Waals surface area contributed by atoms with Gasteiger partial charge in [0.15, 0.2) is 5.78 Å². The van der Waals surface area contributed by atoms with E-state index < -0.39 is 0 Å². The van der Waals surface area contributed by atoms with Gasteiger partial charge in [-0.05, 0) is 79.3 Å². The molecule has 2 fully saturated rings. The van der Waals surface area contributed by atoms with E-state index in [9.17, 15) is 14.7 Å². The molecule has 3 aromatic rings. The molecule has 1 heterocycles. The molecule has 2 saturated carbocycles. The van der Waals surface area contributed by atoms with Gasteiger partial charge in [0.05, 0.1) is 17.8 Å². The van der Waals surface area contributed by atoms with Crippen molar-refractivity contribution in [1.82, 2.24) is 9.78 Å². The minimum absolute atomic E-state index is 0.0448. The monoisotopic (exact) mass is 436 g/mol. The largest absolute Gasteiger partial charge is 0.396 e. The summed E-state index contributed by atoms with van der Waals surface area (Å²) >= 11 is 5.94. The Kier molecular flexibility index (Phi) is 5.40. The first-order valence-electron chi connectivity index (χ1n) is 10.9. The summed E-state index contributed by atoms with van der Waals surface area (Å²) in [5.74, 6) is 1.90. The van der Waals surface area contributed by atoms with Gasteiger partial charge in [-0.25, -0.2) is 0 Å². The lowest BCUT2D eigenvalue weighted by Crippen LogP contribution is -2.20. The predicted octanol–water partition coefficient (Wildman–Crippen LogP) is 4.52. The molecule has 0 amide bonds. The highest BCUT2D eigenvalue weighted by Gasteiger charge is 2.59. The number of aliphatic hydroxyl groups is 1. The molecule has 0 spiro atoms. The summed E-state index contributed by atoms with van der Waals surface area (Å²) in [6.07, 6.45) is 4.55. The number of carbonyl (C=O) groups excluding carboxylic acids is 1. The average molecular weight is 437 g/mol. The molecule has 6 heteroatoms. The fourth-order valence-electron chi connectivity index (χ4n) is 5.77. The van der Waals surface area contributed by atoms with Gasteiger partial charge in [-0.1, -0.05) is 23.7 Å². The van der Waals surface area contributed by atoms with E-state index in [2.05, 4.69) is 5.10 Å². The minimum Gasteiger partial charge on any atom is -0.396 e. The molecule has 31 heavy (non-hydrogen) atoms. The number of carbonyl (C=O) groups is 1. The second-order valence-electron chi connectivity index (χ2n) is 8.91. The highest BCUT2D eigenvalue weighted by atomic mass is 35.5. The molecule has 0 saturated heterocycles. The molecule has 5 rings (SSSR count). The third kappa shape index (κ3) is 3.81. The molecular weight excluding hydrogens is 412 g/mol. The van der Waals surface area contributed by atoms with Crippen LogP contribution in [0.5, 0.6) is 0 Å². The van der Waals surface area contributed by atoms with Gasteiger partial charge in [-0.2, -0.15) is 5.10 Å². The van der Waals surface area contributed by atoms with E-state index in [4.69, 9.17) is 11.6 Å². The second kappa shape index (κ2) is 8.21. The Morgan fingerprint density at radius 2 is 1.84 bits per heavy atom. The summed E-state index contributed by atoms with van der Waals surface area (Å²) in [4.78, 5) is 24.9. The number of fused-ring (bicyclic) bond motifs is 2. The fourth-order valence-corrected chi connectivity index (χ4v) is 5.90. The molecule has 160 valence electrons. The van der Waals surface area contributed by atoms with Crippen LogP contribution in [0.2, 0.25) is 5.02 Å². The average Bonchev–Trinajstić information content (AvgIpc) is 3.27. The lowest BCUT2D eigenvalue weighted by Gasteiger charge is -2.22. The van der Waals surface area contributed by atoms with E-state index >= 15 is 0 Å². The highest BCUT2D eigenvalue weighted by molar-refractivity contribution is 6.30. The van der Waals surface area contributed by atoms with Crippen LogP contribution in [-0.2, 0) is 0 Å². The number of ketones is 1. The molecule has 3 unspecified atom stereocenters. The number of nitrogens with zero attached hydrogens (tertiary/aromatic N) is 2. The van der Waals surface area contributed by atoms with Gasteiger partial charge in [0.1, 0.15) is 0 Å². The van der Waals surface area contributed by atoms with Gasteiger partial charge in [-0.15, -0.1) is 0 Å². The Labute approximate surface area is 185 Å². The number of benzene rings is 2. The zero-order valence-electron chi connectivity index (χ0n) is 17.2. The molecule has 2 aliphatic rings. The number of Topliss-reactive ketones (excluding diaryl/α,β-unsaturated/α-hetero) is 1. The number of aliphatic hydroxyl groups excluding tert-OH is 1. The summed E-state index contributed by atoms with van der Waals surface area (Å²) in [5, 5.41) is 15.4.